The molecule has 96 valence electrons. The fourth-order valence-corrected chi connectivity index (χ4v) is 2.10. The number of nitrogens with two attached hydrogens (primary N) is 1. The van der Waals surface area contributed by atoms with Crippen molar-refractivity contribution in [1.29, 1.82) is 0 Å². The molecule has 1 aromatic heterocycles. The van der Waals surface area contributed by atoms with E-state index in [1.807, 2.05) is 11.5 Å². The third-order valence-corrected chi connectivity index (χ3v) is 2.99. The lowest BCUT2D eigenvalue weighted by Crippen LogP contribution is -2.05. The van der Waals surface area contributed by atoms with Gasteiger partial charge in [-0.05, 0) is 37.6 Å². The molecule has 3 nitrogen and oxygen atoms in total. The van der Waals surface area contributed by atoms with E-state index in [9.17, 15) is 4.39 Å². The first-order valence-corrected chi connectivity index (χ1v) is 6.28. The van der Waals surface area contributed by atoms with Gasteiger partial charge < -0.3 is 10.3 Å². The molecule has 1 aromatic carbocycles. The van der Waals surface area contributed by atoms with Crippen LogP contribution >= 0.6 is 0 Å². The number of hydrogen-bond donors (Lipinski definition) is 1. The smallest absolute Gasteiger partial charge is 0.131 e. The lowest BCUT2D eigenvalue weighted by atomic mass is 10.1. The number of rotatable bonds is 4. The maximum absolute atomic E-state index is 12.9. The van der Waals surface area contributed by atoms with Gasteiger partial charge in [-0.15, -0.1) is 0 Å². The van der Waals surface area contributed by atoms with Crippen LogP contribution in [0.15, 0.2) is 24.3 Å². The molecule has 0 aliphatic rings. The van der Waals surface area contributed by atoms with Gasteiger partial charge in [-0.1, -0.05) is 6.92 Å². The van der Waals surface area contributed by atoms with Gasteiger partial charge in [-0.25, -0.2) is 9.37 Å². The highest BCUT2D eigenvalue weighted by atomic mass is 19.1. The molecule has 0 aliphatic heterocycles. The summed E-state index contributed by atoms with van der Waals surface area (Å²) < 4.78 is 14.9. The van der Waals surface area contributed by atoms with Crippen LogP contribution in [0.4, 0.5) is 10.2 Å². The lowest BCUT2D eigenvalue weighted by Gasteiger charge is -2.05. The molecule has 0 saturated carbocycles. The minimum Gasteiger partial charge on any atom is -0.383 e. The molecule has 0 unspecified atom stereocenters. The Labute approximate surface area is 106 Å². The highest BCUT2D eigenvalue weighted by Gasteiger charge is 2.14. The largest absolute Gasteiger partial charge is 0.383 e. The van der Waals surface area contributed by atoms with E-state index in [1.54, 1.807) is 12.1 Å². The molecule has 2 rings (SSSR count). The maximum Gasteiger partial charge on any atom is 0.131 e. The topological polar surface area (TPSA) is 43.8 Å². The summed E-state index contributed by atoms with van der Waals surface area (Å²) in [7, 11) is 0. The molecule has 0 amide bonds. The quantitative estimate of drug-likeness (QED) is 0.901. The standard InChI is InChI=1S/C14H18FN3/c1-3-5-12-17-13(14(16)18(12)4-2)10-6-8-11(15)9-7-10/h6-9H,3-5,16H2,1-2H3. The molecule has 2 N–H and O–H groups in total. The molecular formula is C14H18FN3. The van der Waals surface area contributed by atoms with Gasteiger partial charge in [-0.3, -0.25) is 0 Å². The number of nitrogen functional groups attached to an aromatic ring is 1. The van der Waals surface area contributed by atoms with E-state index >= 15 is 0 Å². The van der Waals surface area contributed by atoms with E-state index in [-0.39, 0.29) is 5.82 Å². The summed E-state index contributed by atoms with van der Waals surface area (Å²) in [6, 6.07) is 6.28. The van der Waals surface area contributed by atoms with Gasteiger partial charge in [0.1, 0.15) is 23.2 Å². The Morgan fingerprint density at radius 3 is 2.44 bits per heavy atom. The highest BCUT2D eigenvalue weighted by Crippen LogP contribution is 2.27. The number of anilines is 1. The normalized spacial score (nSPS) is 10.8. The van der Waals surface area contributed by atoms with Gasteiger partial charge in [0.05, 0.1) is 0 Å². The third kappa shape index (κ3) is 2.23. The first-order valence-electron chi connectivity index (χ1n) is 6.28. The summed E-state index contributed by atoms with van der Waals surface area (Å²) in [6.45, 7) is 4.96. The zero-order chi connectivity index (χ0) is 13.1. The fourth-order valence-electron chi connectivity index (χ4n) is 2.10. The maximum atomic E-state index is 12.9. The summed E-state index contributed by atoms with van der Waals surface area (Å²) in [4.78, 5) is 4.59. The Balaban J connectivity index is 2.47. The molecule has 18 heavy (non-hydrogen) atoms. The molecule has 2 aromatic rings. The van der Waals surface area contributed by atoms with Crippen LogP contribution in [0.1, 0.15) is 26.1 Å². The van der Waals surface area contributed by atoms with Crippen molar-refractivity contribution in [1.82, 2.24) is 9.55 Å². The van der Waals surface area contributed by atoms with E-state index in [1.165, 1.54) is 12.1 Å². The number of benzene rings is 1. The van der Waals surface area contributed by atoms with Crippen LogP contribution < -0.4 is 5.73 Å². The molecule has 4 heteroatoms. The van der Waals surface area contributed by atoms with Crippen LogP contribution in [-0.2, 0) is 13.0 Å². The first kappa shape index (κ1) is 12.6. The number of nitrogens with zero attached hydrogens (tertiary/aromatic N) is 2. The second-order valence-corrected chi connectivity index (χ2v) is 4.26. The summed E-state index contributed by atoms with van der Waals surface area (Å²) in [5, 5.41) is 0. The summed E-state index contributed by atoms with van der Waals surface area (Å²) in [5.74, 6) is 1.41. The van der Waals surface area contributed by atoms with Gasteiger partial charge in [0.2, 0.25) is 0 Å². The van der Waals surface area contributed by atoms with E-state index in [0.29, 0.717) is 5.82 Å². The Bertz CT molecular complexity index is 529. The Kier molecular flexibility index (Phi) is 3.65. The van der Waals surface area contributed by atoms with Gasteiger partial charge in [0.15, 0.2) is 0 Å². The van der Waals surface area contributed by atoms with Crippen LogP contribution in [0.5, 0.6) is 0 Å². The van der Waals surface area contributed by atoms with Gasteiger partial charge in [0, 0.05) is 18.5 Å². The van der Waals surface area contributed by atoms with Crippen molar-refractivity contribution in [3.8, 4) is 11.3 Å². The monoisotopic (exact) mass is 247 g/mol. The Hall–Kier alpha value is -1.84. The van der Waals surface area contributed by atoms with Crippen LogP contribution in [0, 0.1) is 5.82 Å². The molecule has 0 fully saturated rings. The van der Waals surface area contributed by atoms with Gasteiger partial charge in [0.25, 0.3) is 0 Å². The molecule has 1 heterocycles. The minimum absolute atomic E-state index is 0.249. The molecule has 0 bridgehead atoms. The molecule has 0 radical (unpaired) electrons. The van der Waals surface area contributed by atoms with Gasteiger partial charge >= 0.3 is 0 Å². The van der Waals surface area contributed by atoms with Crippen molar-refractivity contribution in [2.75, 3.05) is 5.73 Å². The van der Waals surface area contributed by atoms with Crippen LogP contribution in [-0.4, -0.2) is 9.55 Å². The van der Waals surface area contributed by atoms with Crippen LogP contribution in [0.25, 0.3) is 11.3 Å². The van der Waals surface area contributed by atoms with Crippen molar-refractivity contribution in [2.24, 2.45) is 0 Å². The number of halogens is 1. The van der Waals surface area contributed by atoms with E-state index in [4.69, 9.17) is 5.73 Å². The van der Waals surface area contributed by atoms with Crippen molar-refractivity contribution in [2.45, 2.75) is 33.2 Å². The van der Waals surface area contributed by atoms with E-state index in [0.717, 1.165) is 36.5 Å². The van der Waals surface area contributed by atoms with Crippen LogP contribution in [0.2, 0.25) is 0 Å². The molecule has 0 atom stereocenters. The number of aryl methyl sites for hydroxylation is 1. The average molecular weight is 247 g/mol. The minimum atomic E-state index is -0.249. The van der Waals surface area contributed by atoms with Crippen molar-refractivity contribution in [3.05, 3.63) is 35.9 Å². The zero-order valence-electron chi connectivity index (χ0n) is 10.8. The molecular weight excluding hydrogens is 229 g/mol. The zero-order valence-corrected chi connectivity index (χ0v) is 10.8. The molecule has 0 spiro atoms. The molecule has 0 saturated heterocycles. The number of imidazole rings is 1. The predicted octanol–water partition coefficient (Wildman–Crippen LogP) is 3.24. The molecule has 0 aliphatic carbocycles. The van der Waals surface area contributed by atoms with E-state index in [2.05, 4.69) is 11.9 Å². The summed E-state index contributed by atoms with van der Waals surface area (Å²) in [6.07, 6.45) is 1.93. The van der Waals surface area contributed by atoms with Crippen LogP contribution in [0.3, 0.4) is 0 Å². The Morgan fingerprint density at radius 2 is 1.89 bits per heavy atom. The van der Waals surface area contributed by atoms with Crippen molar-refractivity contribution < 1.29 is 4.39 Å². The fraction of sp³-hybridized carbons (Fsp3) is 0.357. The average Bonchev–Trinajstić information content (AvgIpc) is 2.67. The summed E-state index contributed by atoms with van der Waals surface area (Å²) in [5.41, 5.74) is 7.73. The summed E-state index contributed by atoms with van der Waals surface area (Å²) >= 11 is 0. The first-order chi connectivity index (χ1) is 8.67. The Morgan fingerprint density at radius 1 is 1.22 bits per heavy atom. The highest BCUT2D eigenvalue weighted by molar-refractivity contribution is 5.71. The van der Waals surface area contributed by atoms with Crippen molar-refractivity contribution in [3.63, 3.8) is 0 Å². The number of hydrogen-bond acceptors (Lipinski definition) is 2. The second-order valence-electron chi connectivity index (χ2n) is 4.26. The van der Waals surface area contributed by atoms with Gasteiger partial charge in [-0.2, -0.15) is 0 Å². The predicted molar refractivity (Wildman–Crippen MR) is 71.7 cm³/mol. The van der Waals surface area contributed by atoms with Crippen molar-refractivity contribution >= 4 is 5.82 Å². The lowest BCUT2D eigenvalue weighted by molar-refractivity contribution is 0.628. The number of aromatic nitrogens is 2. The SMILES string of the molecule is CCCc1nc(-c2ccc(F)cc2)c(N)n1CC. The second kappa shape index (κ2) is 5.21. The third-order valence-electron chi connectivity index (χ3n) is 2.99. The van der Waals surface area contributed by atoms with E-state index < -0.39 is 0 Å².